The fourth-order valence-electron chi connectivity index (χ4n) is 2.63. The van der Waals surface area contributed by atoms with Crippen molar-refractivity contribution in [2.45, 2.75) is 13.1 Å². The van der Waals surface area contributed by atoms with E-state index in [2.05, 4.69) is 25.7 Å². The monoisotopic (exact) mass is 398 g/mol. The minimum atomic E-state index is -0.122. The van der Waals surface area contributed by atoms with Crippen LogP contribution in [0.4, 0.5) is 5.82 Å². The van der Waals surface area contributed by atoms with E-state index in [0.29, 0.717) is 30.2 Å². The second-order valence-corrected chi connectivity index (χ2v) is 7.60. The Balaban J connectivity index is 1.52. The lowest BCUT2D eigenvalue weighted by molar-refractivity contribution is 0.724. The molecule has 0 unspecified atom stereocenters. The number of anilines is 1. The van der Waals surface area contributed by atoms with E-state index in [1.807, 2.05) is 30.3 Å². The quantitative estimate of drug-likeness (QED) is 0.519. The maximum Gasteiger partial charge on any atom is 0.260 e. The zero-order valence-electron chi connectivity index (χ0n) is 14.1. The number of halogens is 1. The molecule has 0 aliphatic carbocycles. The average Bonchev–Trinajstić information content (AvgIpc) is 3.31. The van der Waals surface area contributed by atoms with Crippen LogP contribution in [0.25, 0.3) is 11.3 Å². The molecule has 0 atom stereocenters. The Morgan fingerprint density at radius 1 is 1.22 bits per heavy atom. The molecule has 0 fully saturated rings. The van der Waals surface area contributed by atoms with Crippen molar-refractivity contribution >= 4 is 28.8 Å². The molecule has 0 aromatic carbocycles. The van der Waals surface area contributed by atoms with Gasteiger partial charge in [0, 0.05) is 23.3 Å². The van der Waals surface area contributed by atoms with Crippen molar-refractivity contribution in [3.63, 3.8) is 0 Å². The van der Waals surface area contributed by atoms with E-state index in [0.717, 1.165) is 14.9 Å². The van der Waals surface area contributed by atoms with Crippen molar-refractivity contribution in [3.8, 4) is 11.3 Å². The molecule has 136 valence electrons. The average molecular weight is 399 g/mol. The normalized spacial score (nSPS) is 10.9. The van der Waals surface area contributed by atoms with Gasteiger partial charge in [-0.25, -0.2) is 0 Å². The van der Waals surface area contributed by atoms with E-state index < -0.39 is 0 Å². The number of H-pyrrole nitrogens is 1. The zero-order chi connectivity index (χ0) is 18.6. The van der Waals surface area contributed by atoms with Crippen LogP contribution in [-0.4, -0.2) is 25.0 Å². The number of hydrogen-bond donors (Lipinski definition) is 2. The summed E-state index contributed by atoms with van der Waals surface area (Å²) in [5, 5.41) is 18.2. The lowest BCUT2D eigenvalue weighted by Crippen LogP contribution is -2.22. The fraction of sp³-hybridized carbons (Fsp3) is 0.111. The van der Waals surface area contributed by atoms with Crippen molar-refractivity contribution in [2.24, 2.45) is 0 Å². The number of aromatic nitrogens is 5. The van der Waals surface area contributed by atoms with Gasteiger partial charge in [-0.15, -0.1) is 11.3 Å². The van der Waals surface area contributed by atoms with Gasteiger partial charge in [-0.2, -0.15) is 15.3 Å². The maximum atomic E-state index is 12.8. The van der Waals surface area contributed by atoms with Crippen LogP contribution in [0.1, 0.15) is 10.6 Å². The van der Waals surface area contributed by atoms with Crippen LogP contribution in [0.15, 0.2) is 59.7 Å². The second kappa shape index (κ2) is 7.73. The first-order valence-electron chi connectivity index (χ1n) is 8.19. The lowest BCUT2D eigenvalue weighted by atomic mass is 10.2. The molecule has 4 rings (SSSR count). The summed E-state index contributed by atoms with van der Waals surface area (Å²) in [6, 6.07) is 12.9. The molecule has 0 amide bonds. The standard InChI is InChI=1S/C18H15ClN6OS/c19-16-6-5-13(27-16)10-20-17-9-15(23-24-17)14-4-2-8-25(18(14)26)11-12-3-1-7-21-22-12/h1-9H,10-11H2,(H2,20,23,24). The highest BCUT2D eigenvalue weighted by Crippen LogP contribution is 2.23. The molecule has 0 radical (unpaired) electrons. The van der Waals surface area contributed by atoms with Gasteiger partial charge >= 0.3 is 0 Å². The Morgan fingerprint density at radius 3 is 2.93 bits per heavy atom. The Morgan fingerprint density at radius 2 is 2.15 bits per heavy atom. The van der Waals surface area contributed by atoms with Gasteiger partial charge < -0.3 is 9.88 Å². The minimum Gasteiger partial charge on any atom is -0.364 e. The summed E-state index contributed by atoms with van der Waals surface area (Å²) in [7, 11) is 0. The van der Waals surface area contributed by atoms with Crippen LogP contribution in [0.5, 0.6) is 0 Å². The fourth-order valence-corrected chi connectivity index (χ4v) is 3.66. The van der Waals surface area contributed by atoms with Crippen LogP contribution < -0.4 is 10.9 Å². The van der Waals surface area contributed by atoms with Crippen LogP contribution in [0.3, 0.4) is 0 Å². The molecule has 4 aromatic rings. The largest absolute Gasteiger partial charge is 0.364 e. The summed E-state index contributed by atoms with van der Waals surface area (Å²) in [6.07, 6.45) is 3.34. The minimum absolute atomic E-state index is 0.122. The highest BCUT2D eigenvalue weighted by molar-refractivity contribution is 7.16. The molecule has 2 N–H and O–H groups in total. The number of hydrogen-bond acceptors (Lipinski definition) is 6. The molecule has 0 spiro atoms. The Labute approximate surface area is 163 Å². The third kappa shape index (κ3) is 4.07. The van der Waals surface area contributed by atoms with Crippen LogP contribution >= 0.6 is 22.9 Å². The number of rotatable bonds is 6. The van der Waals surface area contributed by atoms with Gasteiger partial charge in [0.2, 0.25) is 0 Å². The molecule has 27 heavy (non-hydrogen) atoms. The van der Waals surface area contributed by atoms with Crippen LogP contribution in [-0.2, 0) is 13.1 Å². The summed E-state index contributed by atoms with van der Waals surface area (Å²) < 4.78 is 2.35. The van der Waals surface area contributed by atoms with Crippen molar-refractivity contribution in [2.75, 3.05) is 5.32 Å². The van der Waals surface area contributed by atoms with Gasteiger partial charge in [0.25, 0.3) is 5.56 Å². The van der Waals surface area contributed by atoms with E-state index in [1.165, 1.54) is 11.3 Å². The number of pyridine rings is 1. The topological polar surface area (TPSA) is 88.5 Å². The number of thiophene rings is 1. The molecule has 0 bridgehead atoms. The van der Waals surface area contributed by atoms with E-state index in [1.54, 1.807) is 29.1 Å². The molecular weight excluding hydrogens is 384 g/mol. The Bertz CT molecular complexity index is 1100. The summed E-state index contributed by atoms with van der Waals surface area (Å²) in [5.74, 6) is 0.665. The smallest absolute Gasteiger partial charge is 0.260 e. The Hall–Kier alpha value is -2.97. The summed E-state index contributed by atoms with van der Waals surface area (Å²) in [6.45, 7) is 0.978. The molecule has 4 aromatic heterocycles. The molecule has 0 aliphatic rings. The molecule has 0 saturated heterocycles. The van der Waals surface area contributed by atoms with Gasteiger partial charge in [0.05, 0.1) is 34.4 Å². The highest BCUT2D eigenvalue weighted by atomic mass is 35.5. The van der Waals surface area contributed by atoms with Gasteiger partial charge in [-0.05, 0) is 36.4 Å². The summed E-state index contributed by atoms with van der Waals surface area (Å²) >= 11 is 7.46. The lowest BCUT2D eigenvalue weighted by Gasteiger charge is -2.06. The summed E-state index contributed by atoms with van der Waals surface area (Å²) in [5.41, 5.74) is 1.79. The number of nitrogens with one attached hydrogen (secondary N) is 2. The van der Waals surface area contributed by atoms with Crippen molar-refractivity contribution < 1.29 is 0 Å². The van der Waals surface area contributed by atoms with Gasteiger partial charge in [-0.3, -0.25) is 9.89 Å². The van der Waals surface area contributed by atoms with E-state index in [9.17, 15) is 4.79 Å². The van der Waals surface area contributed by atoms with E-state index >= 15 is 0 Å². The molecule has 7 nitrogen and oxygen atoms in total. The third-order valence-electron chi connectivity index (χ3n) is 3.92. The second-order valence-electron chi connectivity index (χ2n) is 5.80. The van der Waals surface area contributed by atoms with Crippen molar-refractivity contribution in [1.82, 2.24) is 25.0 Å². The SMILES string of the molecule is O=c1c(-c2cc(NCc3ccc(Cl)s3)n[nH]2)cccn1Cc1cccnn1. The van der Waals surface area contributed by atoms with Gasteiger partial charge in [-0.1, -0.05) is 11.6 Å². The predicted molar refractivity (Wildman–Crippen MR) is 106 cm³/mol. The molecule has 0 saturated carbocycles. The van der Waals surface area contributed by atoms with Crippen LogP contribution in [0.2, 0.25) is 4.34 Å². The molecule has 0 aliphatic heterocycles. The van der Waals surface area contributed by atoms with Crippen LogP contribution in [0, 0.1) is 0 Å². The van der Waals surface area contributed by atoms with Gasteiger partial charge in [0.15, 0.2) is 0 Å². The Kier molecular flexibility index (Phi) is 4.99. The first kappa shape index (κ1) is 17.4. The zero-order valence-corrected chi connectivity index (χ0v) is 15.7. The number of aromatic amines is 1. The number of nitrogens with zero attached hydrogens (tertiary/aromatic N) is 4. The first-order valence-corrected chi connectivity index (χ1v) is 9.38. The van der Waals surface area contributed by atoms with E-state index in [-0.39, 0.29) is 5.56 Å². The third-order valence-corrected chi connectivity index (χ3v) is 5.15. The maximum absolute atomic E-state index is 12.8. The van der Waals surface area contributed by atoms with Gasteiger partial charge in [0.1, 0.15) is 5.82 Å². The molecule has 9 heteroatoms. The van der Waals surface area contributed by atoms with Crippen molar-refractivity contribution in [1.29, 1.82) is 0 Å². The van der Waals surface area contributed by atoms with E-state index in [4.69, 9.17) is 11.6 Å². The molecule has 4 heterocycles. The highest BCUT2D eigenvalue weighted by Gasteiger charge is 2.10. The molecular formula is C18H15ClN6OS. The predicted octanol–water partition coefficient (Wildman–Crippen LogP) is 3.40. The van der Waals surface area contributed by atoms with Crippen molar-refractivity contribution in [3.05, 3.63) is 80.1 Å². The summed E-state index contributed by atoms with van der Waals surface area (Å²) in [4.78, 5) is 13.9. The first-order chi connectivity index (χ1) is 13.2.